The number of alkyl halides is 3. The summed E-state index contributed by atoms with van der Waals surface area (Å²) in [4.78, 5) is 29.8. The normalized spacial score (nSPS) is 11.0. The SMILES string of the molecule is Cc1ccc(C(=O)Nc2cc(-n3ccnc3)cc(C(F)(F)F)c2)cc1Nc1nccc(-c2cccnc2)n1.Cl. The number of nitrogens with zero attached hydrogens (tertiary/aromatic N) is 5. The molecule has 12 heteroatoms. The van der Waals surface area contributed by atoms with Crippen LogP contribution in [-0.4, -0.2) is 30.4 Å². The van der Waals surface area contributed by atoms with E-state index in [0.29, 0.717) is 17.3 Å². The minimum absolute atomic E-state index is 0. The Kier molecular flexibility index (Phi) is 7.91. The zero-order valence-electron chi connectivity index (χ0n) is 20.3. The molecule has 39 heavy (non-hydrogen) atoms. The van der Waals surface area contributed by atoms with E-state index >= 15 is 0 Å². The molecule has 0 aliphatic rings. The standard InChI is InChI=1S/C27H20F3N7O.ClH/c1-17-4-5-18(11-24(17)36-26-33-8-6-23(35-26)19-3-2-7-31-15-19)25(38)34-21-12-20(27(28,29)30)13-22(14-21)37-10-9-32-16-37;/h2-16H,1H3,(H,34,38)(H,33,35,36);1H. The molecule has 0 saturated carbocycles. The lowest BCUT2D eigenvalue weighted by Gasteiger charge is -2.14. The first-order chi connectivity index (χ1) is 18.3. The van der Waals surface area contributed by atoms with E-state index in [2.05, 4.69) is 30.6 Å². The molecule has 198 valence electrons. The van der Waals surface area contributed by atoms with Gasteiger partial charge in [-0.25, -0.2) is 15.0 Å². The van der Waals surface area contributed by atoms with Gasteiger partial charge in [0, 0.05) is 59.2 Å². The van der Waals surface area contributed by atoms with Gasteiger partial charge in [0.05, 0.1) is 17.6 Å². The highest BCUT2D eigenvalue weighted by Gasteiger charge is 2.31. The largest absolute Gasteiger partial charge is 0.416 e. The molecule has 0 aliphatic carbocycles. The lowest BCUT2D eigenvalue weighted by Crippen LogP contribution is -2.14. The Bertz CT molecular complexity index is 1590. The van der Waals surface area contributed by atoms with Crippen molar-refractivity contribution in [3.05, 3.63) is 109 Å². The van der Waals surface area contributed by atoms with Gasteiger partial charge in [-0.2, -0.15) is 13.2 Å². The van der Waals surface area contributed by atoms with Crippen molar-refractivity contribution < 1.29 is 18.0 Å². The Morgan fingerprint density at radius 3 is 2.54 bits per heavy atom. The fraction of sp³-hybridized carbons (Fsp3) is 0.0741. The first-order valence-corrected chi connectivity index (χ1v) is 11.4. The molecule has 0 saturated heterocycles. The van der Waals surface area contributed by atoms with E-state index in [-0.39, 0.29) is 29.3 Å². The van der Waals surface area contributed by atoms with Crippen LogP contribution in [0.1, 0.15) is 21.5 Å². The quantitative estimate of drug-likeness (QED) is 0.251. The number of aryl methyl sites for hydroxylation is 1. The summed E-state index contributed by atoms with van der Waals surface area (Å²) in [6.07, 6.45) is 4.72. The molecular weight excluding hydrogens is 531 g/mol. The van der Waals surface area contributed by atoms with Crippen LogP contribution in [0.15, 0.2) is 91.9 Å². The van der Waals surface area contributed by atoms with E-state index in [1.54, 1.807) is 48.9 Å². The average Bonchev–Trinajstić information content (AvgIpc) is 3.45. The molecule has 0 bridgehead atoms. The van der Waals surface area contributed by atoms with Crippen LogP contribution in [0.25, 0.3) is 16.9 Å². The minimum atomic E-state index is -4.60. The number of amides is 1. The van der Waals surface area contributed by atoms with Crippen molar-refractivity contribution in [3.63, 3.8) is 0 Å². The minimum Gasteiger partial charge on any atom is -0.324 e. The second-order valence-corrected chi connectivity index (χ2v) is 8.35. The van der Waals surface area contributed by atoms with Crippen molar-refractivity contribution in [1.82, 2.24) is 24.5 Å². The number of carbonyl (C=O) groups excluding carboxylic acids is 1. The molecule has 8 nitrogen and oxygen atoms in total. The van der Waals surface area contributed by atoms with Gasteiger partial charge in [0.25, 0.3) is 5.91 Å². The lowest BCUT2D eigenvalue weighted by atomic mass is 10.1. The number of aromatic nitrogens is 5. The van der Waals surface area contributed by atoms with E-state index in [4.69, 9.17) is 0 Å². The highest BCUT2D eigenvalue weighted by atomic mass is 35.5. The van der Waals surface area contributed by atoms with Gasteiger partial charge < -0.3 is 15.2 Å². The molecule has 3 heterocycles. The fourth-order valence-corrected chi connectivity index (χ4v) is 3.72. The molecule has 5 rings (SSSR count). The van der Waals surface area contributed by atoms with Crippen molar-refractivity contribution in [1.29, 1.82) is 0 Å². The van der Waals surface area contributed by atoms with Crippen LogP contribution >= 0.6 is 12.4 Å². The third-order valence-electron chi connectivity index (χ3n) is 5.66. The van der Waals surface area contributed by atoms with Crippen LogP contribution in [0.4, 0.5) is 30.5 Å². The molecule has 1 amide bonds. The predicted octanol–water partition coefficient (Wildman–Crippen LogP) is 6.47. The van der Waals surface area contributed by atoms with E-state index in [0.717, 1.165) is 23.3 Å². The molecular formula is C27H21ClF3N7O. The summed E-state index contributed by atoms with van der Waals surface area (Å²) in [6, 6.07) is 13.7. The fourth-order valence-electron chi connectivity index (χ4n) is 3.72. The molecule has 0 unspecified atom stereocenters. The van der Waals surface area contributed by atoms with Crippen molar-refractivity contribution >= 4 is 35.6 Å². The first-order valence-electron chi connectivity index (χ1n) is 11.4. The van der Waals surface area contributed by atoms with E-state index < -0.39 is 17.6 Å². The highest BCUT2D eigenvalue weighted by molar-refractivity contribution is 6.05. The van der Waals surface area contributed by atoms with Gasteiger partial charge in [-0.05, 0) is 61.0 Å². The Balaban J connectivity index is 0.00000353. The zero-order valence-corrected chi connectivity index (χ0v) is 21.2. The Hall–Kier alpha value is -4.77. The van der Waals surface area contributed by atoms with Crippen LogP contribution in [0, 0.1) is 6.92 Å². The average molecular weight is 552 g/mol. The summed E-state index contributed by atoms with van der Waals surface area (Å²) in [5.41, 5.74) is 2.43. The first kappa shape index (κ1) is 27.3. The summed E-state index contributed by atoms with van der Waals surface area (Å²) in [5, 5.41) is 5.69. The van der Waals surface area contributed by atoms with Crippen molar-refractivity contribution in [3.8, 4) is 16.9 Å². The number of carbonyl (C=O) groups is 1. The highest BCUT2D eigenvalue weighted by Crippen LogP contribution is 2.33. The number of imidazole rings is 1. The summed E-state index contributed by atoms with van der Waals surface area (Å²) < 4.78 is 42.0. The summed E-state index contributed by atoms with van der Waals surface area (Å²) >= 11 is 0. The Labute approximate surface area is 227 Å². The lowest BCUT2D eigenvalue weighted by molar-refractivity contribution is -0.137. The van der Waals surface area contributed by atoms with Gasteiger partial charge in [0.1, 0.15) is 0 Å². The topological polar surface area (TPSA) is 97.6 Å². The van der Waals surface area contributed by atoms with Crippen LogP contribution in [0.5, 0.6) is 0 Å². The number of hydrogen-bond acceptors (Lipinski definition) is 6. The van der Waals surface area contributed by atoms with Crippen LogP contribution < -0.4 is 10.6 Å². The molecule has 5 aromatic rings. The van der Waals surface area contributed by atoms with E-state index in [1.807, 2.05) is 13.0 Å². The van der Waals surface area contributed by atoms with Crippen LogP contribution in [-0.2, 0) is 6.18 Å². The molecule has 0 aliphatic heterocycles. The van der Waals surface area contributed by atoms with Crippen molar-refractivity contribution in [2.75, 3.05) is 10.6 Å². The van der Waals surface area contributed by atoms with Gasteiger partial charge in [-0.15, -0.1) is 12.4 Å². The second-order valence-electron chi connectivity index (χ2n) is 8.35. The second kappa shape index (κ2) is 11.3. The molecule has 2 aromatic carbocycles. The number of nitrogens with one attached hydrogen (secondary N) is 2. The molecule has 0 spiro atoms. The molecule has 3 aromatic heterocycles. The van der Waals surface area contributed by atoms with E-state index in [1.165, 1.54) is 29.4 Å². The summed E-state index contributed by atoms with van der Waals surface area (Å²) in [7, 11) is 0. The maximum absolute atomic E-state index is 13.5. The van der Waals surface area contributed by atoms with Gasteiger partial charge in [0.2, 0.25) is 5.95 Å². The Morgan fingerprint density at radius 1 is 0.974 bits per heavy atom. The predicted molar refractivity (Wildman–Crippen MR) is 143 cm³/mol. The number of anilines is 3. The monoisotopic (exact) mass is 551 g/mol. The van der Waals surface area contributed by atoms with Gasteiger partial charge in [-0.3, -0.25) is 9.78 Å². The number of pyridine rings is 1. The molecule has 0 radical (unpaired) electrons. The third-order valence-corrected chi connectivity index (χ3v) is 5.66. The van der Waals surface area contributed by atoms with Gasteiger partial charge >= 0.3 is 6.18 Å². The Morgan fingerprint density at radius 2 is 1.82 bits per heavy atom. The number of halogens is 4. The summed E-state index contributed by atoms with van der Waals surface area (Å²) in [5.74, 6) is -0.260. The zero-order chi connectivity index (χ0) is 26.7. The van der Waals surface area contributed by atoms with Crippen molar-refractivity contribution in [2.24, 2.45) is 0 Å². The third kappa shape index (κ3) is 6.39. The smallest absolute Gasteiger partial charge is 0.324 e. The van der Waals surface area contributed by atoms with Gasteiger partial charge in [-0.1, -0.05) is 6.07 Å². The van der Waals surface area contributed by atoms with Crippen LogP contribution in [0.2, 0.25) is 0 Å². The number of rotatable bonds is 6. The molecule has 2 N–H and O–H groups in total. The van der Waals surface area contributed by atoms with Crippen LogP contribution in [0.3, 0.4) is 0 Å². The molecule has 0 atom stereocenters. The van der Waals surface area contributed by atoms with Gasteiger partial charge in [0.15, 0.2) is 0 Å². The van der Waals surface area contributed by atoms with E-state index in [9.17, 15) is 18.0 Å². The number of benzene rings is 2. The number of hydrogen-bond donors (Lipinski definition) is 2. The summed E-state index contributed by atoms with van der Waals surface area (Å²) in [6.45, 7) is 1.85. The maximum Gasteiger partial charge on any atom is 0.416 e. The van der Waals surface area contributed by atoms with Crippen molar-refractivity contribution in [2.45, 2.75) is 13.1 Å². The molecule has 0 fully saturated rings. The maximum atomic E-state index is 13.5.